The second-order valence-corrected chi connectivity index (χ2v) is 5.91. The minimum absolute atomic E-state index is 0.288. The lowest BCUT2D eigenvalue weighted by Gasteiger charge is -2.09. The van der Waals surface area contributed by atoms with E-state index in [9.17, 15) is 4.39 Å². The SMILES string of the molecule is Fc1cc2c(cc1Br)nc(CCCl)n2CCn1ccnc1. The minimum Gasteiger partial charge on any atom is -0.336 e. The fourth-order valence-corrected chi connectivity index (χ4v) is 2.83. The van der Waals surface area contributed by atoms with Crippen molar-refractivity contribution in [2.45, 2.75) is 19.5 Å². The molecule has 0 spiro atoms. The van der Waals surface area contributed by atoms with Crippen LogP contribution in [0.25, 0.3) is 11.0 Å². The van der Waals surface area contributed by atoms with Crippen molar-refractivity contribution < 1.29 is 4.39 Å². The van der Waals surface area contributed by atoms with Gasteiger partial charge in [-0.3, -0.25) is 0 Å². The molecule has 3 rings (SSSR count). The molecule has 7 heteroatoms. The molecule has 0 aliphatic heterocycles. The third-order valence-corrected chi connectivity index (χ3v) is 4.13. The molecule has 110 valence electrons. The molecule has 0 amide bonds. The van der Waals surface area contributed by atoms with Gasteiger partial charge in [0.1, 0.15) is 11.6 Å². The first-order valence-corrected chi connectivity index (χ1v) is 7.87. The summed E-state index contributed by atoms with van der Waals surface area (Å²) in [5.41, 5.74) is 1.56. The Labute approximate surface area is 134 Å². The van der Waals surface area contributed by atoms with E-state index >= 15 is 0 Å². The van der Waals surface area contributed by atoms with Crippen molar-refractivity contribution in [3.63, 3.8) is 0 Å². The maximum Gasteiger partial charge on any atom is 0.139 e. The van der Waals surface area contributed by atoms with E-state index in [0.717, 1.165) is 23.4 Å². The first kappa shape index (κ1) is 14.5. The van der Waals surface area contributed by atoms with E-state index < -0.39 is 0 Å². The van der Waals surface area contributed by atoms with Crippen molar-refractivity contribution in [1.29, 1.82) is 0 Å². The van der Waals surface area contributed by atoms with Crippen LogP contribution in [0, 0.1) is 5.82 Å². The van der Waals surface area contributed by atoms with Crippen LogP contribution in [0.15, 0.2) is 35.3 Å². The summed E-state index contributed by atoms with van der Waals surface area (Å²) >= 11 is 9.04. The zero-order valence-electron chi connectivity index (χ0n) is 11.1. The Kier molecular flexibility index (Phi) is 4.26. The van der Waals surface area contributed by atoms with Crippen LogP contribution >= 0.6 is 27.5 Å². The van der Waals surface area contributed by atoms with Gasteiger partial charge in [0.2, 0.25) is 0 Å². The number of hydrogen-bond acceptors (Lipinski definition) is 2. The molecule has 2 aromatic heterocycles. The zero-order chi connectivity index (χ0) is 14.8. The lowest BCUT2D eigenvalue weighted by Crippen LogP contribution is -2.10. The quantitative estimate of drug-likeness (QED) is 0.642. The number of aryl methyl sites for hydroxylation is 3. The Bertz CT molecular complexity index is 754. The molecule has 0 fully saturated rings. The van der Waals surface area contributed by atoms with Gasteiger partial charge in [-0.15, -0.1) is 11.6 Å². The van der Waals surface area contributed by atoms with Gasteiger partial charge in [0.25, 0.3) is 0 Å². The molecule has 0 aliphatic rings. The molecule has 3 aromatic rings. The first-order chi connectivity index (χ1) is 10.2. The van der Waals surface area contributed by atoms with E-state index in [1.807, 2.05) is 15.3 Å². The fraction of sp³-hybridized carbons (Fsp3) is 0.286. The Morgan fingerprint density at radius 1 is 1.29 bits per heavy atom. The number of hydrogen-bond donors (Lipinski definition) is 0. The van der Waals surface area contributed by atoms with E-state index in [0.29, 0.717) is 23.3 Å². The van der Waals surface area contributed by atoms with Gasteiger partial charge in [-0.2, -0.15) is 0 Å². The second-order valence-electron chi connectivity index (χ2n) is 4.67. The van der Waals surface area contributed by atoms with Gasteiger partial charge in [-0.1, -0.05) is 0 Å². The molecule has 0 saturated heterocycles. The van der Waals surface area contributed by atoms with E-state index in [1.165, 1.54) is 6.07 Å². The van der Waals surface area contributed by atoms with Gasteiger partial charge in [0, 0.05) is 43.9 Å². The van der Waals surface area contributed by atoms with Gasteiger partial charge in [-0.25, -0.2) is 14.4 Å². The fourth-order valence-electron chi connectivity index (χ4n) is 2.33. The van der Waals surface area contributed by atoms with Crippen LogP contribution < -0.4 is 0 Å². The van der Waals surface area contributed by atoms with Crippen LogP contribution in [0.5, 0.6) is 0 Å². The summed E-state index contributed by atoms with van der Waals surface area (Å²) < 4.78 is 18.2. The van der Waals surface area contributed by atoms with Gasteiger partial charge in [0.05, 0.1) is 21.8 Å². The number of nitrogens with zero attached hydrogens (tertiary/aromatic N) is 4. The number of imidazole rings is 2. The highest BCUT2D eigenvalue weighted by Gasteiger charge is 2.13. The van der Waals surface area contributed by atoms with E-state index in [1.54, 1.807) is 18.6 Å². The summed E-state index contributed by atoms with van der Waals surface area (Å²) in [5.74, 6) is 1.07. The average Bonchev–Trinajstić information content (AvgIpc) is 3.06. The normalized spacial score (nSPS) is 11.4. The monoisotopic (exact) mass is 370 g/mol. The van der Waals surface area contributed by atoms with Crippen molar-refractivity contribution >= 4 is 38.6 Å². The molecule has 0 atom stereocenters. The number of fused-ring (bicyclic) bond motifs is 1. The average molecular weight is 372 g/mol. The maximum absolute atomic E-state index is 13.8. The number of aromatic nitrogens is 4. The van der Waals surface area contributed by atoms with Gasteiger partial charge in [-0.05, 0) is 22.0 Å². The lowest BCUT2D eigenvalue weighted by molar-refractivity contribution is 0.570. The summed E-state index contributed by atoms with van der Waals surface area (Å²) in [7, 11) is 0. The smallest absolute Gasteiger partial charge is 0.139 e. The third-order valence-electron chi connectivity index (χ3n) is 3.33. The predicted octanol–water partition coefficient (Wildman–Crippen LogP) is 3.62. The van der Waals surface area contributed by atoms with Gasteiger partial charge >= 0.3 is 0 Å². The second kappa shape index (κ2) is 6.15. The summed E-state index contributed by atoms with van der Waals surface area (Å²) in [6.45, 7) is 1.44. The van der Waals surface area contributed by atoms with Gasteiger partial charge < -0.3 is 9.13 Å². The molecule has 0 aliphatic carbocycles. The topological polar surface area (TPSA) is 35.6 Å². The number of alkyl halides is 1. The molecule has 2 heterocycles. The van der Waals surface area contributed by atoms with Crippen molar-refractivity contribution in [2.24, 2.45) is 0 Å². The van der Waals surface area contributed by atoms with Crippen LogP contribution in [0.4, 0.5) is 4.39 Å². The van der Waals surface area contributed by atoms with E-state index in [4.69, 9.17) is 11.6 Å². The molecule has 0 radical (unpaired) electrons. The highest BCUT2D eigenvalue weighted by molar-refractivity contribution is 9.10. The predicted molar refractivity (Wildman–Crippen MR) is 84.0 cm³/mol. The Morgan fingerprint density at radius 3 is 2.86 bits per heavy atom. The van der Waals surface area contributed by atoms with Crippen molar-refractivity contribution in [2.75, 3.05) is 5.88 Å². The highest BCUT2D eigenvalue weighted by atomic mass is 79.9. The zero-order valence-corrected chi connectivity index (χ0v) is 13.5. The van der Waals surface area contributed by atoms with E-state index in [-0.39, 0.29) is 5.82 Å². The van der Waals surface area contributed by atoms with Crippen molar-refractivity contribution in [3.05, 3.63) is 47.0 Å². The summed E-state index contributed by atoms with van der Waals surface area (Å²) in [5, 5.41) is 0. The van der Waals surface area contributed by atoms with Crippen LogP contribution in [-0.2, 0) is 19.5 Å². The summed E-state index contributed by atoms with van der Waals surface area (Å²) in [4.78, 5) is 8.58. The molecular formula is C14H13BrClFN4. The Hall–Kier alpha value is -1.40. The van der Waals surface area contributed by atoms with E-state index in [2.05, 4.69) is 25.9 Å². The van der Waals surface area contributed by atoms with Crippen molar-refractivity contribution in [1.82, 2.24) is 19.1 Å². The third kappa shape index (κ3) is 2.96. The minimum atomic E-state index is -0.288. The molecular weight excluding hydrogens is 359 g/mol. The Morgan fingerprint density at radius 2 is 2.14 bits per heavy atom. The van der Waals surface area contributed by atoms with Crippen LogP contribution in [0.1, 0.15) is 5.82 Å². The molecule has 0 N–H and O–H groups in total. The van der Waals surface area contributed by atoms with Gasteiger partial charge in [0.15, 0.2) is 0 Å². The summed E-state index contributed by atoms with van der Waals surface area (Å²) in [6.07, 6.45) is 6.05. The standard InChI is InChI=1S/C14H13BrClFN4/c15-10-7-12-13(8-11(10)17)21(14(19-12)1-2-16)6-5-20-4-3-18-9-20/h3-4,7-9H,1-2,5-6H2. The summed E-state index contributed by atoms with van der Waals surface area (Å²) in [6, 6.07) is 3.22. The molecule has 0 saturated carbocycles. The maximum atomic E-state index is 13.8. The molecule has 1 aromatic carbocycles. The lowest BCUT2D eigenvalue weighted by atomic mass is 10.3. The Balaban J connectivity index is 2.00. The van der Waals surface area contributed by atoms with Crippen LogP contribution in [0.2, 0.25) is 0 Å². The number of benzene rings is 1. The first-order valence-electron chi connectivity index (χ1n) is 6.55. The number of halogens is 3. The molecule has 0 bridgehead atoms. The molecule has 21 heavy (non-hydrogen) atoms. The van der Waals surface area contributed by atoms with Crippen LogP contribution in [-0.4, -0.2) is 25.0 Å². The van der Waals surface area contributed by atoms with Crippen molar-refractivity contribution in [3.8, 4) is 0 Å². The van der Waals surface area contributed by atoms with Crippen LogP contribution in [0.3, 0.4) is 0 Å². The highest BCUT2D eigenvalue weighted by Crippen LogP contribution is 2.24. The number of rotatable bonds is 5. The largest absolute Gasteiger partial charge is 0.336 e. The molecule has 0 unspecified atom stereocenters. The molecule has 4 nitrogen and oxygen atoms in total.